The second-order valence-corrected chi connectivity index (χ2v) is 7.61. The molecule has 4 nitrogen and oxygen atoms in total. The Balaban J connectivity index is 2.02. The zero-order valence-electron chi connectivity index (χ0n) is 12.4. The summed E-state index contributed by atoms with van der Waals surface area (Å²) in [5.41, 5.74) is 0.216. The second kappa shape index (κ2) is 6.30. The van der Waals surface area contributed by atoms with E-state index in [1.807, 2.05) is 6.07 Å². The molecular formula is C16H10BrF3N2O2S. The molecule has 0 spiro atoms. The maximum atomic E-state index is 12.7. The highest BCUT2D eigenvalue weighted by Crippen LogP contribution is 2.31. The Hall–Kier alpha value is -2.13. The zero-order chi connectivity index (χ0) is 18.2. The van der Waals surface area contributed by atoms with Crippen molar-refractivity contribution in [3.63, 3.8) is 0 Å². The molecule has 0 bridgehead atoms. The maximum Gasteiger partial charge on any atom is 0.416 e. The number of nitrogens with zero attached hydrogens (tertiary/aromatic N) is 2. The molecule has 3 rings (SSSR count). The number of alkyl halides is 3. The summed E-state index contributed by atoms with van der Waals surface area (Å²) in [7, 11) is -4.08. The minimum Gasteiger partial charge on any atom is -0.221 e. The highest BCUT2D eigenvalue weighted by Gasteiger charge is 2.31. The lowest BCUT2D eigenvalue weighted by molar-refractivity contribution is -0.137. The van der Waals surface area contributed by atoms with Crippen LogP contribution in [-0.4, -0.2) is 17.4 Å². The van der Waals surface area contributed by atoms with E-state index in [9.17, 15) is 21.6 Å². The summed E-state index contributed by atoms with van der Waals surface area (Å²) >= 11 is 3.09. The molecule has 2 aromatic carbocycles. The molecule has 0 aliphatic carbocycles. The molecule has 130 valence electrons. The van der Waals surface area contributed by atoms with Gasteiger partial charge in [0.2, 0.25) is 0 Å². The van der Waals surface area contributed by atoms with Gasteiger partial charge in [0, 0.05) is 11.8 Å². The highest BCUT2D eigenvalue weighted by atomic mass is 79.9. The van der Waals surface area contributed by atoms with Gasteiger partial charge in [0.25, 0.3) is 10.0 Å². The van der Waals surface area contributed by atoms with Crippen molar-refractivity contribution in [3.05, 3.63) is 71.1 Å². The SMILES string of the molecule is O=S(=O)(c1ccc(C(F)(F)F)cc1)n1cc(-c2ccccc2)nc1Br. The average molecular weight is 431 g/mol. The molecule has 0 radical (unpaired) electrons. The van der Waals surface area contributed by atoms with E-state index in [0.717, 1.165) is 28.2 Å². The standard InChI is InChI=1S/C16H10BrF3N2O2S/c17-15-21-14(11-4-2-1-3-5-11)10-22(15)25(23,24)13-8-6-12(7-9-13)16(18,19)20/h1-10H. The summed E-state index contributed by atoms with van der Waals surface area (Å²) in [4.78, 5) is 3.88. The Kier molecular flexibility index (Phi) is 4.46. The molecule has 9 heteroatoms. The molecule has 0 unspecified atom stereocenters. The topological polar surface area (TPSA) is 52.0 Å². The first-order valence-corrected chi connectivity index (χ1v) is 9.16. The van der Waals surface area contributed by atoms with Crippen molar-refractivity contribution in [2.75, 3.05) is 0 Å². The van der Waals surface area contributed by atoms with E-state index < -0.39 is 21.8 Å². The average Bonchev–Trinajstić information content (AvgIpc) is 2.98. The van der Waals surface area contributed by atoms with Crippen LogP contribution in [-0.2, 0) is 16.2 Å². The Morgan fingerprint density at radius 3 is 2.12 bits per heavy atom. The van der Waals surface area contributed by atoms with Crippen molar-refractivity contribution < 1.29 is 21.6 Å². The second-order valence-electron chi connectivity index (χ2n) is 5.08. The van der Waals surface area contributed by atoms with Gasteiger partial charge in [0.15, 0.2) is 4.73 Å². The van der Waals surface area contributed by atoms with Crippen LogP contribution < -0.4 is 0 Å². The number of benzene rings is 2. The van der Waals surface area contributed by atoms with Crippen molar-refractivity contribution in [1.82, 2.24) is 8.96 Å². The van der Waals surface area contributed by atoms with Gasteiger partial charge in [-0.25, -0.2) is 17.4 Å². The third kappa shape index (κ3) is 3.47. The molecule has 0 N–H and O–H groups in total. The molecule has 0 amide bonds. The van der Waals surface area contributed by atoms with Gasteiger partial charge in [0.1, 0.15) is 0 Å². The quantitative estimate of drug-likeness (QED) is 0.611. The van der Waals surface area contributed by atoms with Crippen LogP contribution in [0.5, 0.6) is 0 Å². The molecular weight excluding hydrogens is 421 g/mol. The predicted octanol–water partition coefficient (Wildman–Crippen LogP) is 4.57. The lowest BCUT2D eigenvalue weighted by Crippen LogP contribution is -2.13. The lowest BCUT2D eigenvalue weighted by Gasteiger charge is -2.09. The minimum atomic E-state index is -4.53. The van der Waals surface area contributed by atoms with Crippen molar-refractivity contribution >= 4 is 26.0 Å². The van der Waals surface area contributed by atoms with Gasteiger partial charge in [-0.1, -0.05) is 30.3 Å². The molecule has 0 aliphatic rings. The zero-order valence-corrected chi connectivity index (χ0v) is 14.8. The lowest BCUT2D eigenvalue weighted by atomic mass is 10.2. The van der Waals surface area contributed by atoms with Crippen LogP contribution in [0, 0.1) is 0 Å². The van der Waals surface area contributed by atoms with Crippen LogP contribution in [0.1, 0.15) is 5.56 Å². The Labute approximate surface area is 150 Å². The van der Waals surface area contributed by atoms with Crippen LogP contribution in [0.25, 0.3) is 11.3 Å². The molecule has 1 aromatic heterocycles. The minimum absolute atomic E-state index is 0.0336. The monoisotopic (exact) mass is 430 g/mol. The predicted molar refractivity (Wildman–Crippen MR) is 89.4 cm³/mol. The number of imidazole rings is 1. The molecule has 0 saturated heterocycles. The fourth-order valence-electron chi connectivity index (χ4n) is 2.19. The van der Waals surface area contributed by atoms with Crippen LogP contribution in [0.15, 0.2) is 70.4 Å². The highest BCUT2D eigenvalue weighted by molar-refractivity contribution is 9.10. The van der Waals surface area contributed by atoms with Crippen LogP contribution in [0.2, 0.25) is 0 Å². The van der Waals surface area contributed by atoms with Crippen LogP contribution in [0.4, 0.5) is 13.2 Å². The van der Waals surface area contributed by atoms with Gasteiger partial charge >= 0.3 is 6.18 Å². The van der Waals surface area contributed by atoms with Gasteiger partial charge in [-0.3, -0.25) is 0 Å². The normalized spacial score (nSPS) is 12.3. The van der Waals surface area contributed by atoms with E-state index in [2.05, 4.69) is 20.9 Å². The van der Waals surface area contributed by atoms with Gasteiger partial charge in [-0.05, 0) is 40.2 Å². The molecule has 0 fully saturated rings. The number of halogens is 4. The largest absolute Gasteiger partial charge is 0.416 e. The maximum absolute atomic E-state index is 12.7. The third-order valence-corrected chi connectivity index (χ3v) is 5.90. The van der Waals surface area contributed by atoms with E-state index in [4.69, 9.17) is 0 Å². The van der Waals surface area contributed by atoms with E-state index >= 15 is 0 Å². The van der Waals surface area contributed by atoms with E-state index in [1.165, 1.54) is 6.20 Å². The Bertz CT molecular complexity index is 998. The first-order valence-electron chi connectivity index (χ1n) is 6.93. The number of aromatic nitrogens is 2. The molecule has 1 heterocycles. The fraction of sp³-hybridized carbons (Fsp3) is 0.0625. The summed E-state index contributed by atoms with van der Waals surface area (Å²) < 4.78 is 64.1. The fourth-order valence-corrected chi connectivity index (χ4v) is 4.24. The van der Waals surface area contributed by atoms with E-state index in [1.54, 1.807) is 24.3 Å². The van der Waals surface area contributed by atoms with Gasteiger partial charge in [-0.2, -0.15) is 13.2 Å². The van der Waals surface area contributed by atoms with Crippen LogP contribution >= 0.6 is 15.9 Å². The summed E-state index contributed by atoms with van der Waals surface area (Å²) in [6.07, 6.45) is -3.22. The molecule has 3 aromatic rings. The van der Waals surface area contributed by atoms with Crippen molar-refractivity contribution in [2.24, 2.45) is 0 Å². The summed E-state index contributed by atoms with van der Waals surface area (Å²) in [5.74, 6) is 0. The number of hydrogen-bond donors (Lipinski definition) is 0. The van der Waals surface area contributed by atoms with Crippen molar-refractivity contribution in [2.45, 2.75) is 11.1 Å². The molecule has 0 atom stereocenters. The van der Waals surface area contributed by atoms with Gasteiger partial charge in [0.05, 0.1) is 16.2 Å². The first-order chi connectivity index (χ1) is 11.7. The molecule has 0 aliphatic heterocycles. The third-order valence-electron chi connectivity index (χ3n) is 3.44. The van der Waals surface area contributed by atoms with Gasteiger partial charge in [-0.15, -0.1) is 0 Å². The van der Waals surface area contributed by atoms with Gasteiger partial charge < -0.3 is 0 Å². The molecule has 0 saturated carbocycles. The van der Waals surface area contributed by atoms with Crippen molar-refractivity contribution in [1.29, 1.82) is 0 Å². The first kappa shape index (κ1) is 17.7. The van der Waals surface area contributed by atoms with Crippen LogP contribution in [0.3, 0.4) is 0 Å². The number of rotatable bonds is 3. The Morgan fingerprint density at radius 1 is 0.960 bits per heavy atom. The Morgan fingerprint density at radius 2 is 1.56 bits per heavy atom. The van der Waals surface area contributed by atoms with E-state index in [-0.39, 0.29) is 9.63 Å². The number of hydrogen-bond acceptors (Lipinski definition) is 3. The summed E-state index contributed by atoms with van der Waals surface area (Å²) in [6.45, 7) is 0. The summed E-state index contributed by atoms with van der Waals surface area (Å²) in [5, 5.41) is 0. The van der Waals surface area contributed by atoms with Crippen molar-refractivity contribution in [3.8, 4) is 11.3 Å². The summed E-state index contributed by atoms with van der Waals surface area (Å²) in [6, 6.07) is 12.2. The van der Waals surface area contributed by atoms with E-state index in [0.29, 0.717) is 11.3 Å². The smallest absolute Gasteiger partial charge is 0.221 e. The molecule has 25 heavy (non-hydrogen) atoms.